The molecule has 0 N–H and O–H groups in total. The van der Waals surface area contributed by atoms with Crippen molar-refractivity contribution in [3.63, 3.8) is 0 Å². The second kappa shape index (κ2) is 21.6. The van der Waals surface area contributed by atoms with Crippen LogP contribution < -0.4 is 0 Å². The van der Waals surface area contributed by atoms with Gasteiger partial charge in [-0.15, -0.1) is 0 Å². The average Bonchev–Trinajstić information content (AvgIpc) is 2.52. The molecule has 0 saturated carbocycles. The van der Waals surface area contributed by atoms with E-state index in [1.54, 1.807) is 14.2 Å². The van der Waals surface area contributed by atoms with E-state index in [9.17, 15) is 8.42 Å². The first kappa shape index (κ1) is 25.3. The van der Waals surface area contributed by atoms with Crippen LogP contribution in [0.4, 0.5) is 0 Å². The Balaban J connectivity index is -0.000000217. The predicted octanol–water partition coefficient (Wildman–Crippen LogP) is 4.32. The van der Waals surface area contributed by atoms with E-state index in [0.717, 1.165) is 12.5 Å². The Morgan fingerprint density at radius 3 is 0.636 bits per heavy atom. The summed E-state index contributed by atoms with van der Waals surface area (Å²) in [5.41, 5.74) is 0. The highest BCUT2D eigenvalue weighted by Gasteiger charge is 1.79. The smallest absolute Gasteiger partial charge is 0.144 e. The molecule has 0 aliphatic rings. The van der Waals surface area contributed by atoms with Gasteiger partial charge in [-0.2, -0.15) is 0 Å². The molecule has 126 valence electrons. The molecule has 3 nitrogen and oxygen atoms in total. The molecule has 0 amide bonds. The average molecular weight is 327 g/mol. The molecule has 0 saturated heterocycles. The van der Waals surface area contributed by atoms with Crippen molar-refractivity contribution in [1.29, 1.82) is 0 Å². The number of ether oxygens (including phenoxy) is 1. The third kappa shape index (κ3) is 51.6. The Morgan fingerprint density at radius 1 is 0.545 bits per heavy atom. The minimum absolute atomic E-state index is 1.16. The highest BCUT2D eigenvalue weighted by Crippen LogP contribution is 1.80. The molecule has 0 aliphatic carbocycles. The summed E-state index contributed by atoms with van der Waals surface area (Å²) in [4.78, 5) is 0. The van der Waals surface area contributed by atoms with Crippen LogP contribution in [0, 0.1) is 0 Å². The van der Waals surface area contributed by atoms with Crippen LogP contribution >= 0.6 is 0 Å². The summed E-state index contributed by atoms with van der Waals surface area (Å²) in [6.07, 6.45) is 2.32. The van der Waals surface area contributed by atoms with Gasteiger partial charge in [0, 0.05) is 26.7 Å². The SMILES string of the molecule is CC.COC.CS(C)(=O)=O.c1ccccc1.c1ccccc1. The lowest BCUT2D eigenvalue weighted by Crippen LogP contribution is -1.86. The Kier molecular flexibility index (Phi) is 24.9. The highest BCUT2D eigenvalue weighted by molar-refractivity contribution is 7.89. The third-order valence-corrected chi connectivity index (χ3v) is 1.33. The van der Waals surface area contributed by atoms with Crippen molar-refractivity contribution in [3.05, 3.63) is 72.8 Å². The van der Waals surface area contributed by atoms with Crippen molar-refractivity contribution in [1.82, 2.24) is 0 Å². The van der Waals surface area contributed by atoms with Crippen LogP contribution in [0.15, 0.2) is 72.8 Å². The lowest BCUT2D eigenvalue weighted by molar-refractivity contribution is 0.277. The number of sulfone groups is 1. The molecular weight excluding hydrogens is 296 g/mol. The molecule has 2 aromatic rings. The van der Waals surface area contributed by atoms with Crippen LogP contribution in [0.3, 0.4) is 0 Å². The molecule has 0 radical (unpaired) electrons. The fourth-order valence-electron chi connectivity index (χ4n) is 0.770. The van der Waals surface area contributed by atoms with Crippen molar-refractivity contribution in [2.75, 3.05) is 26.7 Å². The maximum absolute atomic E-state index is 9.63. The van der Waals surface area contributed by atoms with Gasteiger partial charge >= 0.3 is 0 Å². The van der Waals surface area contributed by atoms with Crippen molar-refractivity contribution < 1.29 is 13.2 Å². The zero-order valence-corrected chi connectivity index (χ0v) is 15.4. The highest BCUT2D eigenvalue weighted by atomic mass is 32.2. The molecule has 2 aromatic carbocycles. The first-order valence-electron chi connectivity index (χ1n) is 6.97. The van der Waals surface area contributed by atoms with Gasteiger partial charge in [-0.05, 0) is 0 Å². The van der Waals surface area contributed by atoms with Crippen molar-refractivity contribution in [3.8, 4) is 0 Å². The van der Waals surface area contributed by atoms with E-state index in [1.807, 2.05) is 86.6 Å². The van der Waals surface area contributed by atoms with Gasteiger partial charge in [-0.1, -0.05) is 86.6 Å². The van der Waals surface area contributed by atoms with Crippen molar-refractivity contribution >= 4 is 9.84 Å². The summed E-state index contributed by atoms with van der Waals surface area (Å²) in [5.74, 6) is 0. The van der Waals surface area contributed by atoms with E-state index in [1.165, 1.54) is 0 Å². The van der Waals surface area contributed by atoms with E-state index >= 15 is 0 Å². The molecule has 0 bridgehead atoms. The summed E-state index contributed by atoms with van der Waals surface area (Å²) in [6, 6.07) is 24.0. The van der Waals surface area contributed by atoms with Gasteiger partial charge in [-0.3, -0.25) is 0 Å². The minimum Gasteiger partial charge on any atom is -0.388 e. The van der Waals surface area contributed by atoms with E-state index in [0.29, 0.717) is 0 Å². The lowest BCUT2D eigenvalue weighted by atomic mass is 10.4. The van der Waals surface area contributed by atoms with Crippen molar-refractivity contribution in [2.45, 2.75) is 13.8 Å². The Morgan fingerprint density at radius 2 is 0.591 bits per heavy atom. The Bertz CT molecular complexity index is 375. The minimum atomic E-state index is -2.67. The molecule has 0 aromatic heterocycles. The summed E-state index contributed by atoms with van der Waals surface area (Å²) in [6.45, 7) is 4.00. The van der Waals surface area contributed by atoms with Gasteiger partial charge < -0.3 is 4.74 Å². The topological polar surface area (TPSA) is 43.4 Å². The third-order valence-electron chi connectivity index (χ3n) is 1.33. The van der Waals surface area contributed by atoms with Crippen LogP contribution in [0.2, 0.25) is 0 Å². The van der Waals surface area contributed by atoms with Gasteiger partial charge in [-0.25, -0.2) is 8.42 Å². The van der Waals surface area contributed by atoms with Crippen LogP contribution in [-0.2, 0) is 14.6 Å². The summed E-state index contributed by atoms with van der Waals surface area (Å²) < 4.78 is 23.5. The lowest BCUT2D eigenvalue weighted by Gasteiger charge is -1.69. The van der Waals surface area contributed by atoms with E-state index in [-0.39, 0.29) is 0 Å². The molecule has 0 atom stereocenters. The van der Waals surface area contributed by atoms with Crippen LogP contribution in [0.25, 0.3) is 0 Å². The second-order valence-electron chi connectivity index (χ2n) is 3.86. The summed E-state index contributed by atoms with van der Waals surface area (Å²) in [5, 5.41) is 0. The standard InChI is InChI=1S/2C6H6.C2H6O2S.C2H6O.C2H6/c2*1-2-4-6-5-3-1;1-5(2,3)4;1-3-2;1-2/h2*1-6H;1-2H3;1-2H3;1-2H3. The first-order chi connectivity index (χ1) is 10.4. The maximum atomic E-state index is 9.63. The zero-order valence-electron chi connectivity index (χ0n) is 14.6. The number of rotatable bonds is 0. The van der Waals surface area contributed by atoms with Crippen molar-refractivity contribution in [2.24, 2.45) is 0 Å². The fourth-order valence-corrected chi connectivity index (χ4v) is 0.770. The molecule has 0 unspecified atom stereocenters. The predicted molar refractivity (Wildman–Crippen MR) is 97.9 cm³/mol. The van der Waals surface area contributed by atoms with E-state index < -0.39 is 9.84 Å². The molecule has 4 heteroatoms. The second-order valence-corrected chi connectivity index (χ2v) is 6.15. The number of benzene rings is 2. The molecule has 0 heterocycles. The normalized spacial score (nSPS) is 8.09. The number of hydrogen-bond donors (Lipinski definition) is 0. The fraction of sp³-hybridized carbons (Fsp3) is 0.333. The van der Waals surface area contributed by atoms with Gasteiger partial charge in [0.15, 0.2) is 0 Å². The van der Waals surface area contributed by atoms with Gasteiger partial charge in [0.05, 0.1) is 0 Å². The molecule has 2 rings (SSSR count). The van der Waals surface area contributed by atoms with Crippen LogP contribution in [0.5, 0.6) is 0 Å². The molecule has 0 spiro atoms. The van der Waals surface area contributed by atoms with Crippen LogP contribution in [-0.4, -0.2) is 35.1 Å². The molecular formula is C18H30O3S. The molecule has 0 fully saturated rings. The zero-order chi connectivity index (χ0) is 17.7. The Labute approximate surface area is 136 Å². The van der Waals surface area contributed by atoms with Gasteiger partial charge in [0.2, 0.25) is 0 Å². The number of methoxy groups -OCH3 is 1. The van der Waals surface area contributed by atoms with Crippen LogP contribution in [0.1, 0.15) is 13.8 Å². The van der Waals surface area contributed by atoms with E-state index in [2.05, 4.69) is 4.74 Å². The summed E-state index contributed by atoms with van der Waals surface area (Å²) >= 11 is 0. The maximum Gasteiger partial charge on any atom is 0.144 e. The van der Waals surface area contributed by atoms with Gasteiger partial charge in [0.25, 0.3) is 0 Å². The Hall–Kier alpha value is -1.65. The summed E-state index contributed by atoms with van der Waals surface area (Å²) in [7, 11) is 0.583. The van der Waals surface area contributed by atoms with Gasteiger partial charge in [0.1, 0.15) is 9.84 Å². The van der Waals surface area contributed by atoms with E-state index in [4.69, 9.17) is 0 Å². The molecule has 0 aliphatic heterocycles. The molecule has 22 heavy (non-hydrogen) atoms. The largest absolute Gasteiger partial charge is 0.388 e. The first-order valence-corrected chi connectivity index (χ1v) is 9.27. The monoisotopic (exact) mass is 326 g/mol. The quantitative estimate of drug-likeness (QED) is 0.724. The number of hydrogen-bond acceptors (Lipinski definition) is 3.